The van der Waals surface area contributed by atoms with Gasteiger partial charge in [0.05, 0.1) is 39.5 Å². The maximum absolute atomic E-state index is 12.0. The minimum atomic E-state index is -1.04. The molecule has 0 fully saturated rings. The fraction of sp³-hybridized carbons (Fsp3) is 0.203. The predicted molar refractivity (Wildman–Crippen MR) is 282 cm³/mol. The van der Waals surface area contributed by atoms with Gasteiger partial charge in [-0.1, -0.05) is 101 Å². The van der Waals surface area contributed by atoms with Crippen LogP contribution in [-0.2, 0) is 0 Å². The van der Waals surface area contributed by atoms with Gasteiger partial charge in [-0.3, -0.25) is 0 Å². The summed E-state index contributed by atoms with van der Waals surface area (Å²) in [7, 11) is 0. The summed E-state index contributed by atoms with van der Waals surface area (Å²) >= 11 is 0. The van der Waals surface area contributed by atoms with Gasteiger partial charge in [0.25, 0.3) is 0 Å². The summed E-state index contributed by atoms with van der Waals surface area (Å²) in [4.78, 5) is 56.6. The Morgan fingerprint density at radius 3 is 0.957 bits per heavy atom. The van der Waals surface area contributed by atoms with E-state index in [-0.39, 0.29) is 16.7 Å². The Labute approximate surface area is 406 Å². The molecule has 0 amide bonds. The second kappa shape index (κ2) is 20.9. The molecule has 70 heavy (non-hydrogen) atoms. The number of fused-ring (bicyclic) bond motifs is 8. The average molecular weight is 930 g/mol. The number of aromatic nitrogens is 4. The van der Waals surface area contributed by atoms with E-state index in [4.69, 9.17) is 9.97 Å². The molecule has 0 atom stereocenters. The molecule has 11 heteroatoms. The Morgan fingerprint density at radius 1 is 0.400 bits per heavy atom. The number of unbranched alkanes of at least 4 members (excludes halogenated alkanes) is 6. The van der Waals surface area contributed by atoms with Gasteiger partial charge in [-0.05, 0) is 132 Å². The van der Waals surface area contributed by atoms with Crippen LogP contribution in [0.2, 0.25) is 0 Å². The van der Waals surface area contributed by atoms with E-state index < -0.39 is 17.9 Å². The van der Waals surface area contributed by atoms with Crippen LogP contribution in [0.5, 0.6) is 0 Å². The maximum atomic E-state index is 12.0. The second-order valence-corrected chi connectivity index (χ2v) is 17.8. The number of rotatable bonds is 18. The van der Waals surface area contributed by atoms with Crippen molar-refractivity contribution in [3.63, 3.8) is 0 Å². The van der Waals surface area contributed by atoms with Gasteiger partial charge in [-0.15, -0.1) is 0 Å². The van der Waals surface area contributed by atoms with Crippen LogP contribution in [0.1, 0.15) is 119 Å². The van der Waals surface area contributed by atoms with Crippen LogP contribution in [0.15, 0.2) is 121 Å². The Bertz CT molecular complexity index is 3240. The number of nitrogens with one attached hydrogen (secondary N) is 2. The zero-order chi connectivity index (χ0) is 48.7. The Morgan fingerprint density at radius 2 is 0.686 bits per heavy atom. The minimum absolute atomic E-state index is 0.145. The molecule has 2 aliphatic rings. The summed E-state index contributed by atoms with van der Waals surface area (Å²) in [5.41, 5.74) is 13.6. The van der Waals surface area contributed by atoms with Crippen molar-refractivity contribution in [1.29, 1.82) is 0 Å². The molecular weight excluding hydrogens is 875 g/mol. The number of carboxylic acids is 3. The lowest BCUT2D eigenvalue weighted by atomic mass is 10.0. The molecule has 5 heterocycles. The zero-order valence-corrected chi connectivity index (χ0v) is 39.3. The Hall–Kier alpha value is -8.31. The van der Waals surface area contributed by atoms with Gasteiger partial charge in [-0.2, -0.15) is 0 Å². The van der Waals surface area contributed by atoms with E-state index in [0.29, 0.717) is 28.2 Å². The smallest absolute Gasteiger partial charge is 0.335 e. The van der Waals surface area contributed by atoms with Gasteiger partial charge in [0.15, 0.2) is 0 Å². The van der Waals surface area contributed by atoms with E-state index in [0.717, 1.165) is 87.1 Å². The number of carbonyl (C=O) groups is 3. The largest absolute Gasteiger partial charge is 0.478 e. The highest BCUT2D eigenvalue weighted by molar-refractivity contribution is 6.01. The van der Waals surface area contributed by atoms with E-state index in [9.17, 15) is 29.7 Å². The van der Waals surface area contributed by atoms with Gasteiger partial charge in [0.2, 0.25) is 0 Å². The molecule has 0 radical (unpaired) electrons. The highest BCUT2D eigenvalue weighted by Gasteiger charge is 2.20. The summed E-state index contributed by atoms with van der Waals surface area (Å²) in [6.45, 7) is 6.49. The molecule has 3 aromatic heterocycles. The van der Waals surface area contributed by atoms with E-state index in [2.05, 4.69) is 53.0 Å². The van der Waals surface area contributed by atoms with Crippen LogP contribution in [0.4, 0.5) is 5.69 Å². The quantitative estimate of drug-likeness (QED) is 0.0525. The molecule has 0 saturated heterocycles. The summed E-state index contributed by atoms with van der Waals surface area (Å²) in [6, 6.07) is 37.0. The third-order valence-corrected chi connectivity index (χ3v) is 13.1. The van der Waals surface area contributed by atoms with Gasteiger partial charge in [0, 0.05) is 63.1 Å². The van der Waals surface area contributed by atoms with Crippen molar-refractivity contribution in [2.24, 2.45) is 0 Å². The van der Waals surface area contributed by atoms with E-state index >= 15 is 0 Å². The Kier molecular flexibility index (Phi) is 14.0. The van der Waals surface area contributed by atoms with Crippen LogP contribution in [0.3, 0.4) is 0 Å². The lowest BCUT2D eigenvalue weighted by Gasteiger charge is -2.25. The van der Waals surface area contributed by atoms with Crippen molar-refractivity contribution >= 4 is 70.0 Å². The third-order valence-electron chi connectivity index (χ3n) is 13.1. The number of nitrogens with zero attached hydrogens (tertiary/aromatic N) is 3. The van der Waals surface area contributed by atoms with Crippen LogP contribution in [-0.4, -0.2) is 66.3 Å². The van der Waals surface area contributed by atoms with Gasteiger partial charge < -0.3 is 30.2 Å². The normalized spacial score (nSPS) is 11.8. The zero-order valence-electron chi connectivity index (χ0n) is 39.3. The topological polar surface area (TPSA) is 172 Å². The van der Waals surface area contributed by atoms with Gasteiger partial charge >= 0.3 is 17.9 Å². The summed E-state index contributed by atoms with van der Waals surface area (Å²) in [6.07, 6.45) is 17.4. The van der Waals surface area contributed by atoms with E-state index in [1.54, 1.807) is 72.8 Å². The first-order valence-electron chi connectivity index (χ1n) is 24.1. The van der Waals surface area contributed by atoms with Crippen molar-refractivity contribution in [3.05, 3.63) is 161 Å². The number of H-pyrrole nitrogens is 2. The minimum Gasteiger partial charge on any atom is -0.478 e. The fourth-order valence-electron chi connectivity index (χ4n) is 9.43. The predicted octanol–water partition coefficient (Wildman–Crippen LogP) is 14.4. The number of anilines is 1. The lowest BCUT2D eigenvalue weighted by molar-refractivity contribution is 0.0686. The average Bonchev–Trinajstić information content (AvgIpc) is 4.23. The molecule has 5 N–H and O–H groups in total. The van der Waals surface area contributed by atoms with Crippen molar-refractivity contribution in [3.8, 4) is 44.5 Å². The molecule has 0 aliphatic carbocycles. The lowest BCUT2D eigenvalue weighted by Crippen LogP contribution is -2.25. The number of hydrogen-bond donors (Lipinski definition) is 5. The van der Waals surface area contributed by atoms with Crippen LogP contribution in [0, 0.1) is 0 Å². The number of hydrogen-bond acceptors (Lipinski definition) is 6. The SMILES string of the molecule is CCCCCCN(CCCCCC)c1ccc(-c2c3nc(c(-c4ccc(C(=O)O)cc4)c4ccc([nH]4)c(-c4ccc(C(=O)O)cc4)c4nc(c(-c5ccc(C(=O)O)cc5)c5ccc2[nH]5)C=C4)C=C3)cc1. The second-order valence-electron chi connectivity index (χ2n) is 17.8. The molecule has 9 rings (SSSR count). The highest BCUT2D eigenvalue weighted by Crippen LogP contribution is 2.39. The van der Waals surface area contributed by atoms with Crippen LogP contribution < -0.4 is 4.90 Å². The standard InChI is InChI=1S/C59H55N5O6/c1-3-5-7-9-35-64(36-10-8-6-4-2)44-25-23-40(24-26-44)56-51-33-31-49(62-51)54(38-13-19-42(20-14-38)58(67)68)47-29-27-45(60-47)53(37-11-17-41(18-12-37)57(65)66)46-28-30-48(61-46)55(50-32-34-52(56)63-50)39-15-21-43(22-16-39)59(69)70/h11-34,60,63H,3-10,35-36H2,1-2H3,(H,65,66)(H,67,68)(H,69,70). The summed E-state index contributed by atoms with van der Waals surface area (Å²) < 4.78 is 0. The van der Waals surface area contributed by atoms with Crippen molar-refractivity contribution in [1.82, 2.24) is 19.9 Å². The van der Waals surface area contributed by atoms with Crippen molar-refractivity contribution in [2.45, 2.75) is 65.2 Å². The summed E-state index contributed by atoms with van der Waals surface area (Å²) in [5.74, 6) is -3.09. The van der Waals surface area contributed by atoms with Gasteiger partial charge in [0.1, 0.15) is 0 Å². The molecule has 352 valence electrons. The van der Waals surface area contributed by atoms with Gasteiger partial charge in [-0.25, -0.2) is 24.4 Å². The summed E-state index contributed by atoms with van der Waals surface area (Å²) in [5, 5.41) is 29.4. The molecule has 4 aromatic carbocycles. The first-order chi connectivity index (χ1) is 34.1. The number of carboxylic acid groups (broad SMARTS) is 3. The molecular formula is C59H55N5O6. The van der Waals surface area contributed by atoms with Crippen molar-refractivity contribution < 1.29 is 29.7 Å². The third kappa shape index (κ3) is 9.96. The van der Waals surface area contributed by atoms with Crippen LogP contribution in [0.25, 0.3) is 90.9 Å². The fourth-order valence-corrected chi connectivity index (χ4v) is 9.43. The number of benzene rings is 4. The molecule has 0 spiro atoms. The van der Waals surface area contributed by atoms with E-state index in [1.807, 2.05) is 48.6 Å². The molecule has 8 bridgehead atoms. The number of aromatic carboxylic acids is 3. The molecule has 2 aliphatic heterocycles. The van der Waals surface area contributed by atoms with Crippen LogP contribution >= 0.6 is 0 Å². The molecule has 7 aromatic rings. The molecule has 0 unspecified atom stereocenters. The number of aromatic amines is 2. The first kappa shape index (κ1) is 46.8. The highest BCUT2D eigenvalue weighted by atomic mass is 16.4. The van der Waals surface area contributed by atoms with Crippen molar-refractivity contribution in [2.75, 3.05) is 18.0 Å². The first-order valence-corrected chi connectivity index (χ1v) is 24.1. The molecule has 11 nitrogen and oxygen atoms in total. The maximum Gasteiger partial charge on any atom is 0.335 e. The molecule has 0 saturated carbocycles. The Balaban J connectivity index is 1.32. The van der Waals surface area contributed by atoms with E-state index in [1.165, 1.54) is 44.2 Å². The monoisotopic (exact) mass is 929 g/mol.